The monoisotopic (exact) mass is 510 g/mol. The molecule has 36 heavy (non-hydrogen) atoms. The molecule has 2 atom stereocenters. The molecule has 0 aliphatic heterocycles. The fraction of sp³-hybridized carbons (Fsp3) is 0.222. The zero-order valence-electron chi connectivity index (χ0n) is 18.9. The highest BCUT2D eigenvalue weighted by molar-refractivity contribution is 7.22. The first-order valence-electron chi connectivity index (χ1n) is 11.4. The third-order valence-corrected chi connectivity index (χ3v) is 7.48. The molecule has 1 fully saturated rings. The number of rotatable bonds is 6. The van der Waals surface area contributed by atoms with Crippen molar-refractivity contribution in [1.82, 2.24) is 4.98 Å². The lowest BCUT2D eigenvalue weighted by atomic mass is 9.88. The predicted octanol–water partition coefficient (Wildman–Crippen LogP) is 7.41. The van der Waals surface area contributed by atoms with Crippen molar-refractivity contribution >= 4 is 44.1 Å². The number of ketones is 1. The molecule has 5 rings (SSSR count). The van der Waals surface area contributed by atoms with Gasteiger partial charge in [0.05, 0.1) is 21.7 Å². The minimum Gasteiger partial charge on any atom is -0.481 e. The summed E-state index contributed by atoms with van der Waals surface area (Å²) in [6.07, 6.45) is -2.53. The molecule has 0 bridgehead atoms. The van der Waals surface area contributed by atoms with Crippen LogP contribution in [0.15, 0.2) is 66.7 Å². The molecular formula is C27H21F3N2O3S. The Balaban J connectivity index is 1.28. The number of nitrogens with one attached hydrogen (secondary N) is 1. The Morgan fingerprint density at radius 2 is 1.56 bits per heavy atom. The number of nitrogens with zero attached hydrogens (tertiary/aromatic N) is 1. The molecule has 184 valence electrons. The van der Waals surface area contributed by atoms with Crippen molar-refractivity contribution in [3.8, 4) is 11.1 Å². The molecule has 1 heterocycles. The van der Waals surface area contributed by atoms with Crippen LogP contribution in [0.3, 0.4) is 0 Å². The molecule has 0 saturated heterocycles. The van der Waals surface area contributed by atoms with Gasteiger partial charge in [0.15, 0.2) is 10.9 Å². The average Bonchev–Trinajstić information content (AvgIpc) is 3.50. The number of carboxylic acids is 1. The zero-order valence-corrected chi connectivity index (χ0v) is 19.7. The van der Waals surface area contributed by atoms with Crippen molar-refractivity contribution in [2.75, 3.05) is 5.32 Å². The summed E-state index contributed by atoms with van der Waals surface area (Å²) in [5.41, 5.74) is 2.63. The van der Waals surface area contributed by atoms with Crippen LogP contribution < -0.4 is 5.32 Å². The van der Waals surface area contributed by atoms with E-state index in [0.717, 1.165) is 35.4 Å². The highest BCUT2D eigenvalue weighted by Crippen LogP contribution is 2.36. The van der Waals surface area contributed by atoms with Crippen LogP contribution in [0.2, 0.25) is 0 Å². The number of fused-ring (bicyclic) bond motifs is 1. The second-order valence-electron chi connectivity index (χ2n) is 8.83. The number of hydrogen-bond acceptors (Lipinski definition) is 5. The molecule has 1 aliphatic rings. The summed E-state index contributed by atoms with van der Waals surface area (Å²) in [6, 6.07) is 18.1. The summed E-state index contributed by atoms with van der Waals surface area (Å²) in [5, 5.41) is 13.0. The molecule has 1 unspecified atom stereocenters. The minimum absolute atomic E-state index is 0.121. The number of thiazole rings is 1. The van der Waals surface area contributed by atoms with Gasteiger partial charge in [-0.3, -0.25) is 9.59 Å². The van der Waals surface area contributed by atoms with E-state index in [4.69, 9.17) is 0 Å². The van der Waals surface area contributed by atoms with Gasteiger partial charge in [0.2, 0.25) is 0 Å². The Kier molecular flexibility index (Phi) is 6.26. The van der Waals surface area contributed by atoms with Crippen LogP contribution in [-0.2, 0) is 11.0 Å². The Morgan fingerprint density at radius 3 is 2.19 bits per heavy atom. The first-order chi connectivity index (χ1) is 17.2. The maximum Gasteiger partial charge on any atom is 0.416 e. The number of benzene rings is 3. The number of carbonyl (C=O) groups excluding carboxylic acids is 1. The minimum atomic E-state index is -4.41. The topological polar surface area (TPSA) is 79.3 Å². The van der Waals surface area contributed by atoms with Gasteiger partial charge < -0.3 is 10.4 Å². The second-order valence-corrected chi connectivity index (χ2v) is 9.86. The normalized spacial score (nSPS) is 17.9. The number of carbonyl (C=O) groups is 2. The van der Waals surface area contributed by atoms with Gasteiger partial charge in [0.25, 0.3) is 0 Å². The summed E-state index contributed by atoms with van der Waals surface area (Å²) in [5.74, 6) is -2.11. The zero-order chi connectivity index (χ0) is 25.4. The van der Waals surface area contributed by atoms with Crippen LogP contribution in [0.1, 0.15) is 35.2 Å². The van der Waals surface area contributed by atoms with Crippen molar-refractivity contribution < 1.29 is 27.9 Å². The number of carboxylic acid groups (broad SMARTS) is 1. The van der Waals surface area contributed by atoms with Crippen LogP contribution in [0, 0.1) is 11.8 Å². The van der Waals surface area contributed by atoms with Gasteiger partial charge in [-0.1, -0.05) is 54.2 Å². The third-order valence-electron chi connectivity index (χ3n) is 6.52. The van der Waals surface area contributed by atoms with Gasteiger partial charge in [-0.15, -0.1) is 0 Å². The lowest BCUT2D eigenvalue weighted by molar-refractivity contribution is -0.142. The fourth-order valence-corrected chi connectivity index (χ4v) is 5.50. The maximum absolute atomic E-state index is 12.9. The van der Waals surface area contributed by atoms with Crippen molar-refractivity contribution in [2.45, 2.75) is 25.4 Å². The van der Waals surface area contributed by atoms with E-state index < -0.39 is 29.5 Å². The van der Waals surface area contributed by atoms with Crippen molar-refractivity contribution in [3.63, 3.8) is 0 Å². The number of halogens is 3. The first-order valence-corrected chi connectivity index (χ1v) is 12.2. The highest BCUT2D eigenvalue weighted by atomic mass is 32.1. The molecule has 0 spiro atoms. The largest absolute Gasteiger partial charge is 0.481 e. The van der Waals surface area contributed by atoms with Crippen LogP contribution in [-0.4, -0.2) is 21.8 Å². The summed E-state index contributed by atoms with van der Waals surface area (Å²) in [6.45, 7) is 0. The van der Waals surface area contributed by atoms with Gasteiger partial charge in [-0.25, -0.2) is 4.98 Å². The Labute approximate surface area is 208 Å². The molecule has 5 nitrogen and oxygen atoms in total. The fourth-order valence-electron chi connectivity index (χ4n) is 4.64. The van der Waals surface area contributed by atoms with Crippen molar-refractivity contribution in [1.29, 1.82) is 0 Å². The van der Waals surface area contributed by atoms with Gasteiger partial charge in [0, 0.05) is 17.2 Å². The summed E-state index contributed by atoms with van der Waals surface area (Å²) in [4.78, 5) is 28.5. The molecule has 1 saturated carbocycles. The number of anilines is 2. The number of aromatic nitrogens is 1. The standard InChI is InChI=1S/C27H21F3N2O3S/c28-27(29,30)18-10-13-23-22(14-18)32-26(36-23)31-19-11-8-16(9-12-19)15-4-6-17(7-5-15)24(33)20-2-1-3-21(20)25(34)35/h4-14,20-21H,1-3H2,(H,31,32)(H,34,35)/t20-,21?/m1/s1. The van der Waals surface area contributed by atoms with Gasteiger partial charge in [-0.05, 0) is 54.3 Å². The maximum atomic E-state index is 12.9. The summed E-state index contributed by atoms with van der Waals surface area (Å²) >= 11 is 1.27. The summed E-state index contributed by atoms with van der Waals surface area (Å²) in [7, 11) is 0. The van der Waals surface area contributed by atoms with E-state index in [9.17, 15) is 27.9 Å². The van der Waals surface area contributed by atoms with E-state index in [1.54, 1.807) is 12.1 Å². The first kappa shape index (κ1) is 24.0. The second kappa shape index (κ2) is 9.39. The van der Waals surface area contributed by atoms with E-state index >= 15 is 0 Å². The number of hydrogen-bond donors (Lipinski definition) is 2. The Morgan fingerprint density at radius 1 is 0.917 bits per heavy atom. The number of Topliss-reactive ketones (excluding diaryl/α,β-unsaturated/α-hetero) is 1. The lowest BCUT2D eigenvalue weighted by Crippen LogP contribution is -2.25. The predicted molar refractivity (Wildman–Crippen MR) is 133 cm³/mol. The van der Waals surface area contributed by atoms with E-state index in [-0.39, 0.29) is 11.3 Å². The Hall–Kier alpha value is -3.72. The van der Waals surface area contributed by atoms with Crippen LogP contribution in [0.25, 0.3) is 21.3 Å². The molecule has 0 radical (unpaired) electrons. The van der Waals surface area contributed by atoms with E-state index in [2.05, 4.69) is 10.3 Å². The van der Waals surface area contributed by atoms with Crippen LogP contribution in [0.4, 0.5) is 24.0 Å². The van der Waals surface area contributed by atoms with Crippen LogP contribution >= 0.6 is 11.3 Å². The smallest absolute Gasteiger partial charge is 0.416 e. The molecule has 9 heteroatoms. The van der Waals surface area contributed by atoms with Gasteiger partial charge >= 0.3 is 12.1 Å². The molecule has 3 aromatic carbocycles. The van der Waals surface area contributed by atoms with Gasteiger partial charge in [0.1, 0.15) is 0 Å². The molecule has 0 amide bonds. The van der Waals surface area contributed by atoms with Crippen molar-refractivity contribution in [3.05, 3.63) is 77.9 Å². The highest BCUT2D eigenvalue weighted by Gasteiger charge is 2.38. The van der Waals surface area contributed by atoms with Crippen molar-refractivity contribution in [2.24, 2.45) is 11.8 Å². The Bertz CT molecular complexity index is 1430. The average molecular weight is 511 g/mol. The van der Waals surface area contributed by atoms with E-state index in [1.807, 2.05) is 36.4 Å². The molecular weight excluding hydrogens is 489 g/mol. The quantitative estimate of drug-likeness (QED) is 0.264. The van der Waals surface area contributed by atoms with E-state index in [0.29, 0.717) is 28.2 Å². The summed E-state index contributed by atoms with van der Waals surface area (Å²) < 4.78 is 39.5. The molecule has 1 aromatic heterocycles. The lowest BCUT2D eigenvalue weighted by Gasteiger charge is -2.14. The number of alkyl halides is 3. The molecule has 2 N–H and O–H groups in total. The SMILES string of the molecule is O=C(O)C1CCC[C@H]1C(=O)c1ccc(-c2ccc(Nc3nc4cc(C(F)(F)F)ccc4s3)cc2)cc1. The van der Waals surface area contributed by atoms with E-state index in [1.165, 1.54) is 17.4 Å². The number of aliphatic carboxylic acids is 1. The molecule has 1 aliphatic carbocycles. The van der Waals surface area contributed by atoms with Gasteiger partial charge in [-0.2, -0.15) is 13.2 Å². The van der Waals surface area contributed by atoms with Crippen LogP contribution in [0.5, 0.6) is 0 Å². The third kappa shape index (κ3) is 4.83. The molecule has 4 aromatic rings.